The average molecular weight is 520 g/mol. The SMILES string of the molecule is COc1cc(CCCCCOC(=O)[C@@H]2CCCCN2C(=O)C(=O)C2(O)CCCCC2)cc(OC)c1OC. The van der Waals surface area contributed by atoms with Crippen molar-refractivity contribution in [2.75, 3.05) is 34.5 Å². The number of benzene rings is 1. The molecule has 1 amide bonds. The first-order valence-electron chi connectivity index (χ1n) is 13.4. The van der Waals surface area contributed by atoms with Gasteiger partial charge in [0.05, 0.1) is 27.9 Å². The number of hydrogen-bond donors (Lipinski definition) is 1. The van der Waals surface area contributed by atoms with Crippen molar-refractivity contribution < 1.29 is 38.4 Å². The van der Waals surface area contributed by atoms with Crippen LogP contribution in [0.4, 0.5) is 0 Å². The number of carbonyl (C=O) groups is 3. The number of aryl methyl sites for hydroxylation is 1. The molecule has 2 aliphatic rings. The molecule has 3 rings (SSSR count). The summed E-state index contributed by atoms with van der Waals surface area (Å²) in [7, 11) is 4.75. The molecule has 1 aliphatic heterocycles. The number of nitrogens with zero attached hydrogens (tertiary/aromatic N) is 1. The molecular weight excluding hydrogens is 478 g/mol. The maximum atomic E-state index is 13.0. The molecule has 1 heterocycles. The Labute approximate surface area is 219 Å². The summed E-state index contributed by atoms with van der Waals surface area (Å²) in [6, 6.07) is 3.10. The Hall–Kier alpha value is -2.81. The molecule has 1 saturated heterocycles. The Bertz CT molecular complexity index is 915. The zero-order valence-electron chi connectivity index (χ0n) is 22.4. The van der Waals surface area contributed by atoms with Crippen molar-refractivity contribution in [2.24, 2.45) is 0 Å². The van der Waals surface area contributed by atoms with Crippen LogP contribution in [0.1, 0.15) is 76.2 Å². The fourth-order valence-corrected chi connectivity index (χ4v) is 5.27. The number of hydrogen-bond acceptors (Lipinski definition) is 8. The summed E-state index contributed by atoms with van der Waals surface area (Å²) in [5.74, 6) is -0.209. The molecule has 9 nitrogen and oxygen atoms in total. The molecule has 37 heavy (non-hydrogen) atoms. The van der Waals surface area contributed by atoms with Crippen molar-refractivity contribution >= 4 is 17.7 Å². The molecule has 1 aromatic carbocycles. The summed E-state index contributed by atoms with van der Waals surface area (Å²) < 4.78 is 21.7. The van der Waals surface area contributed by atoms with Gasteiger partial charge in [-0.1, -0.05) is 19.3 Å². The Morgan fingerprint density at radius 3 is 2.22 bits per heavy atom. The number of ketones is 1. The van der Waals surface area contributed by atoms with Gasteiger partial charge in [-0.2, -0.15) is 0 Å². The van der Waals surface area contributed by atoms with Gasteiger partial charge >= 0.3 is 5.97 Å². The van der Waals surface area contributed by atoms with E-state index in [0.29, 0.717) is 49.5 Å². The van der Waals surface area contributed by atoms with Crippen molar-refractivity contribution in [3.63, 3.8) is 0 Å². The molecule has 0 unspecified atom stereocenters. The Morgan fingerprint density at radius 1 is 0.919 bits per heavy atom. The van der Waals surface area contributed by atoms with Crippen molar-refractivity contribution in [1.29, 1.82) is 0 Å². The summed E-state index contributed by atoms with van der Waals surface area (Å²) in [6.45, 7) is 0.583. The van der Waals surface area contributed by atoms with Gasteiger partial charge in [0.15, 0.2) is 11.5 Å². The van der Waals surface area contributed by atoms with Crippen LogP contribution in [0.3, 0.4) is 0 Å². The first kappa shape index (κ1) is 28.8. The van der Waals surface area contributed by atoms with Gasteiger partial charge in [-0.15, -0.1) is 0 Å². The number of esters is 1. The van der Waals surface area contributed by atoms with Crippen LogP contribution < -0.4 is 14.2 Å². The number of Topliss-reactive ketones (excluding diaryl/α,β-unsaturated/α-hetero) is 1. The van der Waals surface area contributed by atoms with E-state index >= 15 is 0 Å². The molecule has 0 aromatic heterocycles. The second-order valence-electron chi connectivity index (χ2n) is 9.94. The van der Waals surface area contributed by atoms with Gasteiger partial charge in [0.2, 0.25) is 5.75 Å². The number of rotatable bonds is 12. The van der Waals surface area contributed by atoms with Crippen LogP contribution >= 0.6 is 0 Å². The third kappa shape index (κ3) is 7.15. The highest BCUT2D eigenvalue weighted by molar-refractivity contribution is 6.39. The van der Waals surface area contributed by atoms with E-state index < -0.39 is 29.3 Å². The van der Waals surface area contributed by atoms with E-state index in [1.807, 2.05) is 12.1 Å². The fraction of sp³-hybridized carbons (Fsp3) is 0.679. The average Bonchev–Trinajstić information content (AvgIpc) is 2.93. The standard InChI is InChI=1S/C28H41NO8/c1-34-22-18-20(19-23(35-2)24(22)36-3)12-6-4-11-17-37-27(32)21-13-7-10-16-29(21)26(31)25(30)28(33)14-8-5-9-15-28/h18-19,21,33H,4-17H2,1-3H3/t21-/m0/s1. The van der Waals surface area contributed by atoms with Gasteiger partial charge in [-0.25, -0.2) is 4.79 Å². The Kier molecular flexibility index (Phi) is 10.6. The van der Waals surface area contributed by atoms with Gasteiger partial charge in [0.25, 0.3) is 11.7 Å². The predicted octanol–water partition coefficient (Wildman–Crippen LogP) is 3.61. The molecule has 206 valence electrons. The molecule has 0 radical (unpaired) electrons. The normalized spacial score (nSPS) is 19.1. The largest absolute Gasteiger partial charge is 0.493 e. The number of piperidine rings is 1. The molecule has 9 heteroatoms. The summed E-state index contributed by atoms with van der Waals surface area (Å²) >= 11 is 0. The number of aliphatic hydroxyl groups is 1. The lowest BCUT2D eigenvalue weighted by Crippen LogP contribution is -2.56. The minimum Gasteiger partial charge on any atom is -0.493 e. The van der Waals surface area contributed by atoms with Crippen molar-refractivity contribution in [2.45, 2.75) is 88.7 Å². The summed E-state index contributed by atoms with van der Waals surface area (Å²) in [4.78, 5) is 40.0. The lowest BCUT2D eigenvalue weighted by atomic mass is 9.81. The van der Waals surface area contributed by atoms with E-state index in [2.05, 4.69) is 0 Å². The van der Waals surface area contributed by atoms with E-state index in [9.17, 15) is 19.5 Å². The van der Waals surface area contributed by atoms with E-state index in [0.717, 1.165) is 56.9 Å². The van der Waals surface area contributed by atoms with Crippen LogP contribution in [-0.2, 0) is 25.5 Å². The number of amides is 1. The van der Waals surface area contributed by atoms with Crippen LogP contribution in [0.5, 0.6) is 17.2 Å². The number of unbranched alkanes of at least 4 members (excludes halogenated alkanes) is 2. The summed E-state index contributed by atoms with van der Waals surface area (Å²) in [5.41, 5.74) is -0.536. The molecule has 1 saturated carbocycles. The van der Waals surface area contributed by atoms with Crippen LogP contribution in [-0.4, -0.2) is 73.8 Å². The van der Waals surface area contributed by atoms with Crippen molar-refractivity contribution in [3.8, 4) is 17.2 Å². The number of methoxy groups -OCH3 is 3. The fourth-order valence-electron chi connectivity index (χ4n) is 5.27. The monoisotopic (exact) mass is 519 g/mol. The zero-order chi connectivity index (χ0) is 26.8. The van der Waals surface area contributed by atoms with Crippen molar-refractivity contribution in [3.05, 3.63) is 17.7 Å². The third-order valence-corrected chi connectivity index (χ3v) is 7.41. The van der Waals surface area contributed by atoms with Crippen LogP contribution in [0.15, 0.2) is 12.1 Å². The maximum Gasteiger partial charge on any atom is 0.328 e. The zero-order valence-corrected chi connectivity index (χ0v) is 22.4. The van der Waals surface area contributed by atoms with Gasteiger partial charge < -0.3 is 29.0 Å². The van der Waals surface area contributed by atoms with Crippen LogP contribution in [0.2, 0.25) is 0 Å². The first-order chi connectivity index (χ1) is 17.8. The molecule has 1 aliphatic carbocycles. The predicted molar refractivity (Wildman–Crippen MR) is 137 cm³/mol. The van der Waals surface area contributed by atoms with Gasteiger partial charge in [-0.3, -0.25) is 9.59 Å². The highest BCUT2D eigenvalue weighted by Crippen LogP contribution is 2.38. The molecule has 1 aromatic rings. The van der Waals surface area contributed by atoms with Gasteiger partial charge in [0.1, 0.15) is 11.6 Å². The third-order valence-electron chi connectivity index (χ3n) is 7.41. The van der Waals surface area contributed by atoms with Gasteiger partial charge in [0, 0.05) is 6.54 Å². The molecule has 2 fully saturated rings. The molecule has 1 atom stereocenters. The number of ether oxygens (including phenoxy) is 4. The summed E-state index contributed by atoms with van der Waals surface area (Å²) in [6.07, 6.45) is 8.21. The molecule has 0 bridgehead atoms. The van der Waals surface area contributed by atoms with Crippen LogP contribution in [0, 0.1) is 0 Å². The van der Waals surface area contributed by atoms with E-state index in [-0.39, 0.29) is 6.61 Å². The second kappa shape index (κ2) is 13.7. The van der Waals surface area contributed by atoms with E-state index in [4.69, 9.17) is 18.9 Å². The molecule has 0 spiro atoms. The highest BCUT2D eigenvalue weighted by Gasteiger charge is 2.45. The molecular formula is C28H41NO8. The minimum absolute atomic E-state index is 0.254. The molecule has 1 N–H and O–H groups in total. The first-order valence-corrected chi connectivity index (χ1v) is 13.4. The summed E-state index contributed by atoms with van der Waals surface area (Å²) in [5, 5.41) is 10.7. The van der Waals surface area contributed by atoms with Crippen LogP contribution in [0.25, 0.3) is 0 Å². The quantitative estimate of drug-likeness (QED) is 0.253. The Morgan fingerprint density at radius 2 is 1.59 bits per heavy atom. The lowest BCUT2D eigenvalue weighted by molar-refractivity contribution is -0.164. The van der Waals surface area contributed by atoms with E-state index in [1.165, 1.54) is 4.90 Å². The minimum atomic E-state index is -1.60. The highest BCUT2D eigenvalue weighted by atomic mass is 16.5. The maximum absolute atomic E-state index is 13.0. The Balaban J connectivity index is 1.46. The number of likely N-dealkylation sites (tertiary alicyclic amines) is 1. The number of carbonyl (C=O) groups excluding carboxylic acids is 3. The lowest BCUT2D eigenvalue weighted by Gasteiger charge is -2.36. The van der Waals surface area contributed by atoms with Crippen molar-refractivity contribution in [1.82, 2.24) is 4.90 Å². The smallest absolute Gasteiger partial charge is 0.328 e. The topological polar surface area (TPSA) is 112 Å². The van der Waals surface area contributed by atoms with Gasteiger partial charge in [-0.05, 0) is 75.5 Å². The second-order valence-corrected chi connectivity index (χ2v) is 9.94. The van der Waals surface area contributed by atoms with E-state index in [1.54, 1.807) is 21.3 Å².